The van der Waals surface area contributed by atoms with E-state index in [9.17, 15) is 14.7 Å². The number of aliphatic hydroxyl groups excluding tert-OH is 1. The highest BCUT2D eigenvalue weighted by atomic mass is 16.3. The number of aliphatic hydroxyl groups is 1. The van der Waals surface area contributed by atoms with E-state index < -0.39 is 17.4 Å². The van der Waals surface area contributed by atoms with E-state index in [1.807, 2.05) is 4.90 Å². The van der Waals surface area contributed by atoms with Crippen molar-refractivity contribution < 1.29 is 5.11 Å². The summed E-state index contributed by atoms with van der Waals surface area (Å²) in [5.41, 5.74) is 5.15. The number of nitrogen functional groups attached to an aromatic ring is 1. The first-order valence-electron chi connectivity index (χ1n) is 5.93. The Hall–Kier alpha value is -1.76. The monoisotopic (exact) mass is 254 g/mol. The van der Waals surface area contributed by atoms with Gasteiger partial charge in [-0.25, -0.2) is 4.79 Å². The normalized spacial score (nSPS) is 21.3. The fraction of sp³-hybridized carbons (Fsp3) is 0.636. The highest BCUT2D eigenvalue weighted by Gasteiger charge is 2.29. The Bertz CT molecular complexity index is 560. The number of aromatic amines is 1. The van der Waals surface area contributed by atoms with Gasteiger partial charge in [-0.3, -0.25) is 14.3 Å². The van der Waals surface area contributed by atoms with Gasteiger partial charge >= 0.3 is 5.69 Å². The molecule has 7 nitrogen and oxygen atoms in total. The maximum Gasteiger partial charge on any atom is 0.329 e. The molecule has 7 heteroatoms. The van der Waals surface area contributed by atoms with E-state index in [2.05, 4.69) is 4.98 Å². The van der Waals surface area contributed by atoms with Crippen molar-refractivity contribution in [2.75, 3.05) is 23.7 Å². The molecule has 4 N–H and O–H groups in total. The SMILES string of the molecule is CC(O)C1CCN(c2c(N)n(C)c(=O)[nH]c2=O)C1. The van der Waals surface area contributed by atoms with E-state index >= 15 is 0 Å². The highest BCUT2D eigenvalue weighted by Crippen LogP contribution is 2.26. The van der Waals surface area contributed by atoms with Crippen molar-refractivity contribution in [3.8, 4) is 0 Å². The van der Waals surface area contributed by atoms with Crippen LogP contribution in [-0.2, 0) is 7.05 Å². The molecule has 0 saturated carbocycles. The largest absolute Gasteiger partial charge is 0.393 e. The molecule has 18 heavy (non-hydrogen) atoms. The summed E-state index contributed by atoms with van der Waals surface area (Å²) in [7, 11) is 1.51. The zero-order valence-corrected chi connectivity index (χ0v) is 10.5. The van der Waals surface area contributed by atoms with Crippen molar-refractivity contribution in [2.45, 2.75) is 19.4 Å². The molecule has 1 aromatic heterocycles. The number of nitrogens with one attached hydrogen (secondary N) is 1. The Labute approximate surface area is 104 Å². The summed E-state index contributed by atoms with van der Waals surface area (Å²) in [6.07, 6.45) is 0.391. The van der Waals surface area contributed by atoms with E-state index in [4.69, 9.17) is 5.73 Å². The fourth-order valence-corrected chi connectivity index (χ4v) is 2.31. The summed E-state index contributed by atoms with van der Waals surface area (Å²) in [5, 5.41) is 9.56. The van der Waals surface area contributed by atoms with Gasteiger partial charge < -0.3 is 15.7 Å². The number of anilines is 2. The number of hydrogen-bond donors (Lipinski definition) is 3. The number of aromatic nitrogens is 2. The molecule has 2 atom stereocenters. The third kappa shape index (κ3) is 2.01. The van der Waals surface area contributed by atoms with Gasteiger partial charge in [0.1, 0.15) is 11.5 Å². The summed E-state index contributed by atoms with van der Waals surface area (Å²) in [6.45, 7) is 2.96. The van der Waals surface area contributed by atoms with Gasteiger partial charge in [0.25, 0.3) is 5.56 Å². The lowest BCUT2D eigenvalue weighted by Gasteiger charge is -2.21. The first kappa shape index (κ1) is 12.7. The fourth-order valence-electron chi connectivity index (χ4n) is 2.31. The van der Waals surface area contributed by atoms with Crippen molar-refractivity contribution in [1.82, 2.24) is 9.55 Å². The first-order valence-corrected chi connectivity index (χ1v) is 5.93. The summed E-state index contributed by atoms with van der Waals surface area (Å²) in [6, 6.07) is 0. The summed E-state index contributed by atoms with van der Waals surface area (Å²) in [4.78, 5) is 27.3. The van der Waals surface area contributed by atoms with E-state index in [0.29, 0.717) is 18.8 Å². The van der Waals surface area contributed by atoms with Crippen molar-refractivity contribution >= 4 is 11.5 Å². The second kappa shape index (κ2) is 4.49. The minimum atomic E-state index is -0.521. The molecule has 1 fully saturated rings. The van der Waals surface area contributed by atoms with E-state index in [0.717, 1.165) is 6.42 Å². The van der Waals surface area contributed by atoms with E-state index in [-0.39, 0.29) is 11.7 Å². The van der Waals surface area contributed by atoms with Crippen molar-refractivity contribution in [2.24, 2.45) is 13.0 Å². The maximum atomic E-state index is 11.8. The van der Waals surface area contributed by atoms with Crippen LogP contribution in [0.5, 0.6) is 0 Å². The molecule has 1 aromatic rings. The molecule has 1 saturated heterocycles. The van der Waals surface area contributed by atoms with Crippen LogP contribution in [0.25, 0.3) is 0 Å². The van der Waals surface area contributed by atoms with Crippen LogP contribution in [0, 0.1) is 5.92 Å². The second-order valence-electron chi connectivity index (χ2n) is 4.79. The van der Waals surface area contributed by atoms with Crippen LogP contribution < -0.4 is 21.9 Å². The molecule has 2 rings (SSSR count). The van der Waals surface area contributed by atoms with Crippen LogP contribution in [-0.4, -0.2) is 33.9 Å². The third-order valence-corrected chi connectivity index (χ3v) is 3.57. The van der Waals surface area contributed by atoms with Crippen LogP contribution in [0.3, 0.4) is 0 Å². The standard InChI is InChI=1S/C11H18N4O3/c1-6(16)7-3-4-15(5-7)8-9(12)14(2)11(18)13-10(8)17/h6-7,16H,3-5,12H2,1-2H3,(H,13,17,18). The van der Waals surface area contributed by atoms with E-state index in [1.165, 1.54) is 11.6 Å². The first-order chi connectivity index (χ1) is 8.41. The van der Waals surface area contributed by atoms with Gasteiger partial charge in [0, 0.05) is 26.1 Å². The minimum Gasteiger partial charge on any atom is -0.393 e. The van der Waals surface area contributed by atoms with Gasteiger partial charge in [-0.2, -0.15) is 0 Å². The highest BCUT2D eigenvalue weighted by molar-refractivity contribution is 5.62. The third-order valence-electron chi connectivity index (χ3n) is 3.57. The number of rotatable bonds is 2. The molecule has 1 aliphatic heterocycles. The van der Waals surface area contributed by atoms with Gasteiger partial charge in [0.2, 0.25) is 0 Å². The molecule has 2 unspecified atom stereocenters. The predicted octanol–water partition coefficient (Wildman–Crippen LogP) is -1.14. The van der Waals surface area contributed by atoms with Crippen molar-refractivity contribution in [1.29, 1.82) is 0 Å². The van der Waals surface area contributed by atoms with Crippen LogP contribution >= 0.6 is 0 Å². The number of hydrogen-bond acceptors (Lipinski definition) is 5. The molecule has 0 amide bonds. The molecule has 100 valence electrons. The molecule has 0 aliphatic carbocycles. The van der Waals surface area contributed by atoms with E-state index in [1.54, 1.807) is 6.92 Å². The van der Waals surface area contributed by atoms with Gasteiger partial charge in [-0.05, 0) is 13.3 Å². The Morgan fingerprint density at radius 2 is 2.17 bits per heavy atom. The smallest absolute Gasteiger partial charge is 0.329 e. The van der Waals surface area contributed by atoms with Gasteiger partial charge in [0.05, 0.1) is 6.10 Å². The second-order valence-corrected chi connectivity index (χ2v) is 4.79. The molecular weight excluding hydrogens is 236 g/mol. The molecule has 0 aromatic carbocycles. The van der Waals surface area contributed by atoms with Crippen LogP contribution in [0.15, 0.2) is 9.59 Å². The molecule has 0 bridgehead atoms. The average Bonchev–Trinajstić information content (AvgIpc) is 2.75. The Morgan fingerprint density at radius 3 is 2.72 bits per heavy atom. The molecule has 0 spiro atoms. The van der Waals surface area contributed by atoms with Gasteiger partial charge in [0.15, 0.2) is 0 Å². The number of nitrogens with two attached hydrogens (primary N) is 1. The molecule has 0 radical (unpaired) electrons. The van der Waals surface area contributed by atoms with Gasteiger partial charge in [-0.1, -0.05) is 0 Å². The molecular formula is C11H18N4O3. The lowest BCUT2D eigenvalue weighted by Crippen LogP contribution is -2.37. The minimum absolute atomic E-state index is 0.126. The lowest BCUT2D eigenvalue weighted by atomic mass is 10.0. The maximum absolute atomic E-state index is 11.8. The Kier molecular flexibility index (Phi) is 3.16. The average molecular weight is 254 g/mol. The van der Waals surface area contributed by atoms with Crippen molar-refractivity contribution in [3.63, 3.8) is 0 Å². The van der Waals surface area contributed by atoms with Crippen molar-refractivity contribution in [3.05, 3.63) is 20.8 Å². The van der Waals surface area contributed by atoms with Crippen LogP contribution in [0.4, 0.5) is 11.5 Å². The Balaban J connectivity index is 2.39. The van der Waals surface area contributed by atoms with Crippen LogP contribution in [0.1, 0.15) is 13.3 Å². The molecule has 2 heterocycles. The quantitative estimate of drug-likeness (QED) is 0.619. The predicted molar refractivity (Wildman–Crippen MR) is 68.7 cm³/mol. The Morgan fingerprint density at radius 1 is 1.50 bits per heavy atom. The zero-order valence-electron chi connectivity index (χ0n) is 10.5. The summed E-state index contributed by atoms with van der Waals surface area (Å²) < 4.78 is 1.21. The number of nitrogens with zero attached hydrogens (tertiary/aromatic N) is 2. The van der Waals surface area contributed by atoms with Gasteiger partial charge in [-0.15, -0.1) is 0 Å². The lowest BCUT2D eigenvalue weighted by molar-refractivity contribution is 0.136. The summed E-state index contributed by atoms with van der Waals surface area (Å²) in [5.74, 6) is 0.288. The number of H-pyrrole nitrogens is 1. The zero-order chi connectivity index (χ0) is 13.4. The molecule has 1 aliphatic rings. The summed E-state index contributed by atoms with van der Waals surface area (Å²) >= 11 is 0. The van der Waals surface area contributed by atoms with Crippen LogP contribution in [0.2, 0.25) is 0 Å². The topological polar surface area (TPSA) is 104 Å².